The Bertz CT molecular complexity index is 926. The minimum Gasteiger partial charge on any atom is -0.314 e. The molecule has 5 rings (SSSR count). The highest BCUT2D eigenvalue weighted by Gasteiger charge is 2.44. The predicted molar refractivity (Wildman–Crippen MR) is 108 cm³/mol. The Morgan fingerprint density at radius 2 is 1.80 bits per heavy atom. The Kier molecular flexibility index (Phi) is 4.91. The summed E-state index contributed by atoms with van der Waals surface area (Å²) >= 11 is 0. The van der Waals surface area contributed by atoms with E-state index in [1.54, 1.807) is 12.1 Å². The summed E-state index contributed by atoms with van der Waals surface area (Å²) < 4.78 is 0. The first kappa shape index (κ1) is 19.4. The lowest BCUT2D eigenvalue weighted by atomic mass is 9.78. The van der Waals surface area contributed by atoms with Crippen LogP contribution in [0.4, 0.5) is 0 Å². The molecular weight excluding hydrogens is 384 g/mol. The van der Waals surface area contributed by atoms with Crippen LogP contribution in [0.5, 0.6) is 0 Å². The SMILES string of the molecule is O=C1CCC(N2C(=O)c3ccc(CN4CCNCC4C4CCC4)cc3C2=O)C(=O)N1. The van der Waals surface area contributed by atoms with Crippen molar-refractivity contribution in [2.45, 2.75) is 50.7 Å². The molecule has 3 heterocycles. The lowest BCUT2D eigenvalue weighted by Gasteiger charge is -2.44. The third kappa shape index (κ3) is 3.24. The van der Waals surface area contributed by atoms with Crippen LogP contribution in [0.1, 0.15) is 58.4 Å². The maximum absolute atomic E-state index is 13.0. The summed E-state index contributed by atoms with van der Waals surface area (Å²) in [5.74, 6) is -1.11. The van der Waals surface area contributed by atoms with Crippen LogP contribution in [-0.4, -0.2) is 65.1 Å². The van der Waals surface area contributed by atoms with Gasteiger partial charge in [0.15, 0.2) is 0 Å². The first-order valence-corrected chi connectivity index (χ1v) is 10.8. The van der Waals surface area contributed by atoms with Gasteiger partial charge in [-0.2, -0.15) is 0 Å². The molecule has 30 heavy (non-hydrogen) atoms. The van der Waals surface area contributed by atoms with Crippen molar-refractivity contribution in [1.29, 1.82) is 0 Å². The molecule has 4 aliphatic rings. The second kappa shape index (κ2) is 7.59. The Morgan fingerprint density at radius 3 is 2.53 bits per heavy atom. The van der Waals surface area contributed by atoms with Crippen LogP contribution in [-0.2, 0) is 16.1 Å². The van der Waals surface area contributed by atoms with E-state index >= 15 is 0 Å². The highest BCUT2D eigenvalue weighted by molar-refractivity contribution is 6.23. The van der Waals surface area contributed by atoms with E-state index in [4.69, 9.17) is 0 Å². The number of imide groups is 2. The second-order valence-electron chi connectivity index (χ2n) is 8.76. The Morgan fingerprint density at radius 1 is 1.00 bits per heavy atom. The number of fused-ring (bicyclic) bond motifs is 1. The molecule has 1 aromatic carbocycles. The van der Waals surface area contributed by atoms with Crippen LogP contribution in [0.3, 0.4) is 0 Å². The molecule has 1 aromatic rings. The molecule has 3 fully saturated rings. The van der Waals surface area contributed by atoms with Crippen LogP contribution in [0.25, 0.3) is 0 Å². The van der Waals surface area contributed by atoms with Gasteiger partial charge in [0.05, 0.1) is 11.1 Å². The maximum Gasteiger partial charge on any atom is 0.262 e. The molecule has 1 saturated carbocycles. The lowest BCUT2D eigenvalue weighted by molar-refractivity contribution is -0.136. The molecule has 8 heteroatoms. The summed E-state index contributed by atoms with van der Waals surface area (Å²) in [4.78, 5) is 53.0. The molecule has 1 aliphatic carbocycles. The van der Waals surface area contributed by atoms with E-state index < -0.39 is 23.8 Å². The van der Waals surface area contributed by atoms with E-state index in [9.17, 15) is 19.2 Å². The number of nitrogens with one attached hydrogen (secondary N) is 2. The van der Waals surface area contributed by atoms with Crippen LogP contribution in [0.15, 0.2) is 18.2 Å². The highest BCUT2D eigenvalue weighted by Crippen LogP contribution is 2.34. The van der Waals surface area contributed by atoms with Crippen molar-refractivity contribution < 1.29 is 19.2 Å². The number of piperazine rings is 1. The van der Waals surface area contributed by atoms with Gasteiger partial charge in [0.2, 0.25) is 11.8 Å². The average molecular weight is 410 g/mol. The van der Waals surface area contributed by atoms with E-state index in [2.05, 4.69) is 15.5 Å². The third-order valence-corrected chi connectivity index (χ3v) is 6.98. The van der Waals surface area contributed by atoms with Crippen molar-refractivity contribution in [3.8, 4) is 0 Å². The number of nitrogens with zero attached hydrogens (tertiary/aromatic N) is 2. The molecule has 0 radical (unpaired) electrons. The lowest BCUT2D eigenvalue weighted by Crippen LogP contribution is -2.55. The summed E-state index contributed by atoms with van der Waals surface area (Å²) in [6.45, 7) is 3.66. The molecule has 8 nitrogen and oxygen atoms in total. The van der Waals surface area contributed by atoms with Gasteiger partial charge in [-0.15, -0.1) is 0 Å². The van der Waals surface area contributed by atoms with E-state index in [1.165, 1.54) is 19.3 Å². The van der Waals surface area contributed by atoms with Gasteiger partial charge in [0, 0.05) is 38.6 Å². The number of rotatable bonds is 4. The Balaban J connectivity index is 1.35. The number of piperidine rings is 1. The number of hydrogen-bond acceptors (Lipinski definition) is 6. The molecule has 2 atom stereocenters. The Hall–Kier alpha value is -2.58. The maximum atomic E-state index is 13.0. The normalized spacial score (nSPS) is 27.8. The average Bonchev–Trinajstić information content (AvgIpc) is 2.93. The van der Waals surface area contributed by atoms with Gasteiger partial charge in [-0.3, -0.25) is 34.3 Å². The minimum absolute atomic E-state index is 0.126. The molecule has 158 valence electrons. The Labute approximate surface area is 175 Å². The molecule has 3 aliphatic heterocycles. The fraction of sp³-hybridized carbons (Fsp3) is 0.545. The summed E-state index contributed by atoms with van der Waals surface area (Å²) in [6.07, 6.45) is 4.16. The fourth-order valence-corrected chi connectivity index (χ4v) is 5.10. The van der Waals surface area contributed by atoms with Gasteiger partial charge in [-0.1, -0.05) is 12.5 Å². The third-order valence-electron chi connectivity index (χ3n) is 6.98. The van der Waals surface area contributed by atoms with E-state index in [1.807, 2.05) is 6.07 Å². The molecule has 2 N–H and O–H groups in total. The summed E-state index contributed by atoms with van der Waals surface area (Å²) in [7, 11) is 0. The number of amides is 4. The molecular formula is C22H26N4O4. The smallest absolute Gasteiger partial charge is 0.262 e. The number of benzene rings is 1. The quantitative estimate of drug-likeness (QED) is 0.708. The van der Waals surface area contributed by atoms with Crippen molar-refractivity contribution in [1.82, 2.24) is 20.4 Å². The molecule has 2 unspecified atom stereocenters. The largest absolute Gasteiger partial charge is 0.314 e. The monoisotopic (exact) mass is 410 g/mol. The van der Waals surface area contributed by atoms with Crippen LogP contribution in [0.2, 0.25) is 0 Å². The van der Waals surface area contributed by atoms with Crippen LogP contribution >= 0.6 is 0 Å². The number of carbonyl (C=O) groups is 4. The first-order valence-electron chi connectivity index (χ1n) is 10.8. The summed E-state index contributed by atoms with van der Waals surface area (Å²) in [6, 6.07) is 5.02. The summed E-state index contributed by atoms with van der Waals surface area (Å²) in [5.41, 5.74) is 1.70. The van der Waals surface area contributed by atoms with Crippen molar-refractivity contribution in [2.75, 3.05) is 19.6 Å². The zero-order chi connectivity index (χ0) is 20.8. The zero-order valence-electron chi connectivity index (χ0n) is 16.9. The van der Waals surface area contributed by atoms with Gasteiger partial charge < -0.3 is 5.32 Å². The van der Waals surface area contributed by atoms with Crippen molar-refractivity contribution >= 4 is 23.6 Å². The van der Waals surface area contributed by atoms with Gasteiger partial charge in [-0.05, 0) is 42.9 Å². The minimum atomic E-state index is -0.922. The second-order valence-corrected chi connectivity index (χ2v) is 8.76. The molecule has 2 saturated heterocycles. The predicted octanol–water partition coefficient (Wildman–Crippen LogP) is 0.662. The van der Waals surface area contributed by atoms with Gasteiger partial charge >= 0.3 is 0 Å². The molecule has 0 spiro atoms. The van der Waals surface area contributed by atoms with Crippen LogP contribution < -0.4 is 10.6 Å². The van der Waals surface area contributed by atoms with E-state index in [0.717, 1.165) is 42.6 Å². The topological polar surface area (TPSA) is 98.8 Å². The standard InChI is InChI=1S/C22H26N4O4/c27-19-7-6-17(20(28)24-19)26-21(29)15-5-4-13(10-16(15)22(26)30)12-25-9-8-23-11-18(25)14-2-1-3-14/h4-5,10,14,17-18,23H,1-3,6-9,11-12H2,(H,24,27,28). The van der Waals surface area contributed by atoms with Crippen LogP contribution in [0, 0.1) is 5.92 Å². The van der Waals surface area contributed by atoms with Gasteiger partial charge in [0.1, 0.15) is 6.04 Å². The van der Waals surface area contributed by atoms with Gasteiger partial charge in [-0.25, -0.2) is 0 Å². The molecule has 0 aromatic heterocycles. The summed E-state index contributed by atoms with van der Waals surface area (Å²) in [5, 5.41) is 5.72. The number of carbonyl (C=O) groups excluding carboxylic acids is 4. The highest BCUT2D eigenvalue weighted by atomic mass is 16.2. The van der Waals surface area contributed by atoms with E-state index in [-0.39, 0.29) is 18.7 Å². The fourth-order valence-electron chi connectivity index (χ4n) is 5.10. The zero-order valence-corrected chi connectivity index (χ0v) is 16.9. The number of hydrogen-bond donors (Lipinski definition) is 2. The van der Waals surface area contributed by atoms with Crippen molar-refractivity contribution in [2.24, 2.45) is 5.92 Å². The van der Waals surface area contributed by atoms with Crippen molar-refractivity contribution in [3.63, 3.8) is 0 Å². The van der Waals surface area contributed by atoms with Gasteiger partial charge in [0.25, 0.3) is 11.8 Å². The van der Waals surface area contributed by atoms with E-state index in [0.29, 0.717) is 17.2 Å². The molecule has 0 bridgehead atoms. The molecule has 4 amide bonds. The first-order chi connectivity index (χ1) is 14.5. The van der Waals surface area contributed by atoms with Crippen molar-refractivity contribution in [3.05, 3.63) is 34.9 Å².